The van der Waals surface area contributed by atoms with Crippen LogP contribution in [0.5, 0.6) is 0 Å². The third-order valence-electron chi connectivity index (χ3n) is 5.28. The lowest BCUT2D eigenvalue weighted by atomic mass is 10.1. The number of para-hydroxylation sites is 1. The fraction of sp³-hybridized carbons (Fsp3) is 0.250. The third kappa shape index (κ3) is 5.66. The number of hydrogen-bond donors (Lipinski definition) is 2. The van der Waals surface area contributed by atoms with E-state index in [0.29, 0.717) is 19.0 Å². The molecule has 2 aromatic carbocycles. The normalized spacial score (nSPS) is 11.4. The van der Waals surface area contributed by atoms with Crippen molar-refractivity contribution in [1.29, 1.82) is 0 Å². The van der Waals surface area contributed by atoms with Gasteiger partial charge in [-0.1, -0.05) is 48.5 Å². The molecule has 4 aromatic rings. The molecule has 0 aliphatic heterocycles. The Bertz CT molecular complexity index is 1130. The van der Waals surface area contributed by atoms with Crippen LogP contribution in [0, 0.1) is 6.92 Å². The summed E-state index contributed by atoms with van der Waals surface area (Å²) in [7, 11) is 1.77. The third-order valence-corrected chi connectivity index (χ3v) is 5.28. The van der Waals surface area contributed by atoms with E-state index in [2.05, 4.69) is 62.4 Å². The van der Waals surface area contributed by atoms with E-state index in [1.807, 2.05) is 36.7 Å². The van der Waals surface area contributed by atoms with Crippen LogP contribution in [-0.4, -0.2) is 22.6 Å². The second-order valence-electron chi connectivity index (χ2n) is 7.20. The number of guanidine groups is 1. The smallest absolute Gasteiger partial charge is 0.191 e. The molecule has 7 heteroatoms. The summed E-state index contributed by atoms with van der Waals surface area (Å²) in [6, 6.07) is 18.6. The van der Waals surface area contributed by atoms with Crippen LogP contribution in [0.1, 0.15) is 22.7 Å². The van der Waals surface area contributed by atoms with Gasteiger partial charge in [0.1, 0.15) is 17.2 Å². The van der Waals surface area contributed by atoms with E-state index >= 15 is 0 Å². The van der Waals surface area contributed by atoms with Crippen LogP contribution in [0.2, 0.25) is 0 Å². The zero-order chi connectivity index (χ0) is 20.8. The second-order valence-corrected chi connectivity index (χ2v) is 7.20. The minimum absolute atomic E-state index is 0. The number of aliphatic imine (C=N–C) groups is 1. The SMILES string of the molecule is CN=C(NCc1oc2ccccc2c1C)NCc1nccn1CCc1ccccc1.I. The summed E-state index contributed by atoms with van der Waals surface area (Å²) in [6.07, 6.45) is 4.84. The number of halogens is 1. The highest BCUT2D eigenvalue weighted by atomic mass is 127. The van der Waals surface area contributed by atoms with Crippen LogP contribution < -0.4 is 10.6 Å². The first-order valence-electron chi connectivity index (χ1n) is 10.2. The number of benzene rings is 2. The Morgan fingerprint density at radius 2 is 1.77 bits per heavy atom. The Morgan fingerprint density at radius 3 is 2.55 bits per heavy atom. The van der Waals surface area contributed by atoms with E-state index in [0.717, 1.165) is 41.1 Å². The van der Waals surface area contributed by atoms with Crippen molar-refractivity contribution in [2.24, 2.45) is 4.99 Å². The molecule has 0 radical (unpaired) electrons. The average Bonchev–Trinajstić information content (AvgIpc) is 3.37. The van der Waals surface area contributed by atoms with Gasteiger partial charge >= 0.3 is 0 Å². The van der Waals surface area contributed by atoms with Crippen molar-refractivity contribution in [3.63, 3.8) is 0 Å². The lowest BCUT2D eigenvalue weighted by molar-refractivity contribution is 0.534. The number of aryl methyl sites for hydroxylation is 3. The number of nitrogens with zero attached hydrogens (tertiary/aromatic N) is 3. The van der Waals surface area contributed by atoms with Crippen LogP contribution in [0.15, 0.2) is 76.4 Å². The van der Waals surface area contributed by atoms with Gasteiger partial charge in [0, 0.05) is 36.9 Å². The standard InChI is InChI=1S/C24H27N5O.HI/c1-18-20-10-6-7-11-21(20)30-22(18)16-27-24(25-2)28-17-23-26-13-15-29(23)14-12-19-8-4-3-5-9-19;/h3-11,13,15H,12,14,16-17H2,1-2H3,(H2,25,27,28);1H. The maximum Gasteiger partial charge on any atom is 0.191 e. The van der Waals surface area contributed by atoms with Gasteiger partial charge in [-0.2, -0.15) is 0 Å². The summed E-state index contributed by atoms with van der Waals surface area (Å²) >= 11 is 0. The van der Waals surface area contributed by atoms with E-state index in [4.69, 9.17) is 4.42 Å². The van der Waals surface area contributed by atoms with Gasteiger partial charge in [0.25, 0.3) is 0 Å². The van der Waals surface area contributed by atoms with Gasteiger partial charge in [-0.3, -0.25) is 4.99 Å². The van der Waals surface area contributed by atoms with Gasteiger partial charge in [-0.15, -0.1) is 24.0 Å². The molecule has 31 heavy (non-hydrogen) atoms. The summed E-state index contributed by atoms with van der Waals surface area (Å²) < 4.78 is 8.15. The molecule has 4 rings (SSSR count). The highest BCUT2D eigenvalue weighted by molar-refractivity contribution is 14.0. The van der Waals surface area contributed by atoms with Crippen LogP contribution in [0.3, 0.4) is 0 Å². The molecule has 0 aliphatic rings. The zero-order valence-electron chi connectivity index (χ0n) is 17.8. The maximum atomic E-state index is 5.98. The Morgan fingerprint density at radius 1 is 1.03 bits per heavy atom. The average molecular weight is 529 g/mol. The Labute approximate surface area is 199 Å². The lowest BCUT2D eigenvalue weighted by Crippen LogP contribution is -2.37. The number of fused-ring (bicyclic) bond motifs is 1. The van der Waals surface area contributed by atoms with Gasteiger partial charge in [-0.05, 0) is 25.0 Å². The number of rotatable bonds is 7. The molecule has 0 aliphatic carbocycles. The molecule has 0 fully saturated rings. The number of furan rings is 1. The number of aromatic nitrogens is 2. The number of nitrogens with one attached hydrogen (secondary N) is 2. The van der Waals surface area contributed by atoms with Gasteiger partial charge in [0.05, 0.1) is 13.1 Å². The van der Waals surface area contributed by atoms with Gasteiger partial charge < -0.3 is 19.6 Å². The first-order valence-corrected chi connectivity index (χ1v) is 10.2. The molecule has 2 aromatic heterocycles. The van der Waals surface area contributed by atoms with Gasteiger partial charge in [0.2, 0.25) is 0 Å². The van der Waals surface area contributed by atoms with E-state index in [-0.39, 0.29) is 24.0 Å². The molecule has 0 atom stereocenters. The molecule has 2 N–H and O–H groups in total. The van der Waals surface area contributed by atoms with E-state index in [9.17, 15) is 0 Å². The molecular weight excluding hydrogens is 501 g/mol. The monoisotopic (exact) mass is 529 g/mol. The quantitative estimate of drug-likeness (QED) is 0.208. The van der Waals surface area contributed by atoms with Crippen LogP contribution in [0.25, 0.3) is 11.0 Å². The van der Waals surface area contributed by atoms with Crippen molar-refractivity contribution < 1.29 is 4.42 Å². The van der Waals surface area contributed by atoms with Gasteiger partial charge in [0.15, 0.2) is 5.96 Å². The molecule has 0 bridgehead atoms. The minimum atomic E-state index is 0. The zero-order valence-corrected chi connectivity index (χ0v) is 20.2. The van der Waals surface area contributed by atoms with Gasteiger partial charge in [-0.25, -0.2) is 4.98 Å². The number of hydrogen-bond acceptors (Lipinski definition) is 3. The van der Waals surface area contributed by atoms with Crippen LogP contribution in [-0.2, 0) is 26.1 Å². The fourth-order valence-corrected chi connectivity index (χ4v) is 3.55. The topological polar surface area (TPSA) is 67.4 Å². The lowest BCUT2D eigenvalue weighted by Gasteiger charge is -2.13. The predicted octanol–water partition coefficient (Wildman–Crippen LogP) is 4.66. The summed E-state index contributed by atoms with van der Waals surface area (Å²) in [6.45, 7) is 4.15. The van der Waals surface area contributed by atoms with E-state index in [1.54, 1.807) is 7.05 Å². The van der Waals surface area contributed by atoms with E-state index < -0.39 is 0 Å². The predicted molar refractivity (Wildman–Crippen MR) is 136 cm³/mol. The summed E-state index contributed by atoms with van der Waals surface area (Å²) in [5.41, 5.74) is 3.39. The van der Waals surface area contributed by atoms with Crippen LogP contribution >= 0.6 is 24.0 Å². The van der Waals surface area contributed by atoms with Crippen molar-refractivity contribution >= 4 is 40.9 Å². The molecule has 6 nitrogen and oxygen atoms in total. The Hall–Kier alpha value is -2.81. The first-order chi connectivity index (χ1) is 14.7. The molecule has 0 amide bonds. The molecule has 162 valence electrons. The van der Waals surface area contributed by atoms with Crippen molar-refractivity contribution in [2.45, 2.75) is 33.0 Å². The Kier molecular flexibility index (Phi) is 8.11. The fourth-order valence-electron chi connectivity index (χ4n) is 3.55. The van der Waals surface area contributed by atoms with Crippen molar-refractivity contribution in [3.8, 4) is 0 Å². The molecular formula is C24H28IN5O. The minimum Gasteiger partial charge on any atom is -0.459 e. The summed E-state index contributed by atoms with van der Waals surface area (Å²) in [5, 5.41) is 7.83. The van der Waals surface area contributed by atoms with Crippen molar-refractivity contribution in [3.05, 3.63) is 89.7 Å². The first kappa shape index (κ1) is 22.9. The second kappa shape index (κ2) is 11.0. The molecule has 0 saturated heterocycles. The Balaban J connectivity index is 0.00000272. The summed E-state index contributed by atoms with van der Waals surface area (Å²) in [5.74, 6) is 2.62. The highest BCUT2D eigenvalue weighted by Crippen LogP contribution is 2.24. The molecule has 0 unspecified atom stereocenters. The highest BCUT2D eigenvalue weighted by Gasteiger charge is 2.11. The van der Waals surface area contributed by atoms with E-state index in [1.165, 1.54) is 5.56 Å². The van der Waals surface area contributed by atoms with Crippen molar-refractivity contribution in [1.82, 2.24) is 20.2 Å². The molecule has 0 saturated carbocycles. The van der Waals surface area contributed by atoms with Crippen molar-refractivity contribution in [2.75, 3.05) is 7.05 Å². The van der Waals surface area contributed by atoms with Crippen LogP contribution in [0.4, 0.5) is 0 Å². The summed E-state index contributed by atoms with van der Waals surface area (Å²) in [4.78, 5) is 8.82. The maximum absolute atomic E-state index is 5.98. The number of imidazole rings is 1. The largest absolute Gasteiger partial charge is 0.459 e. The molecule has 0 spiro atoms. The molecule has 2 heterocycles.